The summed E-state index contributed by atoms with van der Waals surface area (Å²) < 4.78 is 0. The molecule has 122 valence electrons. The number of piperidine rings is 1. The summed E-state index contributed by atoms with van der Waals surface area (Å²) in [4.78, 5) is 34.3. The molecule has 0 radical (unpaired) electrons. The number of likely N-dealkylation sites (tertiary alicyclic amines) is 1. The normalized spacial score (nSPS) is 16.6. The zero-order valence-corrected chi connectivity index (χ0v) is 14.1. The van der Waals surface area contributed by atoms with Crippen molar-refractivity contribution in [2.75, 3.05) is 13.1 Å². The second-order valence-corrected chi connectivity index (χ2v) is 7.09. The minimum atomic E-state index is -0.126. The number of nitrogens with zero attached hydrogens (tertiary/aromatic N) is 2. The van der Waals surface area contributed by atoms with E-state index in [1.807, 2.05) is 5.38 Å². The maximum absolute atomic E-state index is 12.5. The summed E-state index contributed by atoms with van der Waals surface area (Å²) >= 11 is 1.67. The molecule has 0 aliphatic carbocycles. The number of aryl methyl sites for hydroxylation is 1. The number of thiophene rings is 1. The summed E-state index contributed by atoms with van der Waals surface area (Å²) in [6, 6.07) is 2.07. The number of nitrogens with one attached hydrogen (secondary N) is 1. The smallest absolute Gasteiger partial charge is 0.270 e. The zero-order valence-electron chi connectivity index (χ0n) is 13.2. The number of ketones is 1. The molecule has 0 amide bonds. The lowest BCUT2D eigenvalue weighted by molar-refractivity contribution is -0.123. The largest absolute Gasteiger partial charge is 0.326 e. The van der Waals surface area contributed by atoms with E-state index in [0.717, 1.165) is 25.9 Å². The first-order valence-electron chi connectivity index (χ1n) is 7.94. The van der Waals surface area contributed by atoms with Crippen molar-refractivity contribution in [3.8, 4) is 0 Å². The second kappa shape index (κ2) is 7.19. The minimum Gasteiger partial charge on any atom is -0.326 e. The predicted octanol–water partition coefficient (Wildman–Crippen LogP) is 2.16. The average Bonchev–Trinajstić information content (AvgIpc) is 2.95. The van der Waals surface area contributed by atoms with Crippen LogP contribution in [0.1, 0.15) is 29.0 Å². The van der Waals surface area contributed by atoms with Crippen molar-refractivity contribution >= 4 is 17.1 Å². The summed E-state index contributed by atoms with van der Waals surface area (Å²) in [5.41, 5.74) is 1.64. The van der Waals surface area contributed by atoms with Crippen LogP contribution in [0.4, 0.5) is 0 Å². The lowest BCUT2D eigenvalue weighted by Crippen LogP contribution is -2.37. The third-order valence-corrected chi connectivity index (χ3v) is 5.52. The highest BCUT2D eigenvalue weighted by molar-refractivity contribution is 7.10. The summed E-state index contributed by atoms with van der Waals surface area (Å²) in [7, 11) is 0. The number of rotatable bonds is 5. The summed E-state index contributed by atoms with van der Waals surface area (Å²) in [5.74, 6) is 0.501. The molecule has 23 heavy (non-hydrogen) atoms. The molecular formula is C17H21N3O2S. The number of aromatic amines is 1. The van der Waals surface area contributed by atoms with E-state index >= 15 is 0 Å². The molecule has 0 atom stereocenters. The Kier molecular flexibility index (Phi) is 5.03. The van der Waals surface area contributed by atoms with Gasteiger partial charge in [0.1, 0.15) is 11.5 Å². The maximum Gasteiger partial charge on any atom is 0.270 e. The first-order valence-corrected chi connectivity index (χ1v) is 8.82. The van der Waals surface area contributed by atoms with Crippen LogP contribution in [0.3, 0.4) is 0 Å². The van der Waals surface area contributed by atoms with Crippen molar-refractivity contribution in [1.29, 1.82) is 0 Å². The van der Waals surface area contributed by atoms with Gasteiger partial charge in [0, 0.05) is 36.2 Å². The average molecular weight is 331 g/mol. The van der Waals surface area contributed by atoms with Crippen LogP contribution >= 0.6 is 11.3 Å². The maximum atomic E-state index is 12.5. The molecule has 6 heteroatoms. The fourth-order valence-electron chi connectivity index (χ4n) is 3.01. The number of carbonyl (C=O) groups is 1. The zero-order chi connectivity index (χ0) is 16.2. The van der Waals surface area contributed by atoms with Crippen molar-refractivity contribution in [1.82, 2.24) is 14.9 Å². The van der Waals surface area contributed by atoms with Crippen LogP contribution in [0.5, 0.6) is 0 Å². The Hall–Kier alpha value is -1.79. The van der Waals surface area contributed by atoms with E-state index in [-0.39, 0.29) is 11.5 Å². The minimum absolute atomic E-state index is 0.126. The van der Waals surface area contributed by atoms with Gasteiger partial charge in [-0.25, -0.2) is 0 Å². The summed E-state index contributed by atoms with van der Waals surface area (Å²) in [6.45, 7) is 4.30. The molecule has 1 saturated heterocycles. The van der Waals surface area contributed by atoms with Gasteiger partial charge < -0.3 is 4.98 Å². The molecule has 1 fully saturated rings. The third kappa shape index (κ3) is 3.95. The lowest BCUT2D eigenvalue weighted by atomic mass is 9.90. The van der Waals surface area contributed by atoms with Crippen molar-refractivity contribution in [3.63, 3.8) is 0 Å². The van der Waals surface area contributed by atoms with Gasteiger partial charge in [0.15, 0.2) is 0 Å². The first-order chi connectivity index (χ1) is 11.1. The van der Waals surface area contributed by atoms with Gasteiger partial charge in [-0.15, -0.1) is 11.3 Å². The third-order valence-electron chi connectivity index (χ3n) is 4.50. The van der Waals surface area contributed by atoms with Gasteiger partial charge in [-0.1, -0.05) is 0 Å². The summed E-state index contributed by atoms with van der Waals surface area (Å²) in [5, 5.41) is 2.05. The van der Waals surface area contributed by atoms with E-state index < -0.39 is 0 Å². The Morgan fingerprint density at radius 2 is 2.22 bits per heavy atom. The van der Waals surface area contributed by atoms with Gasteiger partial charge in [-0.05, 0) is 49.9 Å². The first kappa shape index (κ1) is 16.1. The molecule has 0 unspecified atom stereocenters. The summed E-state index contributed by atoms with van der Waals surface area (Å²) in [6.07, 6.45) is 5.45. The Morgan fingerprint density at radius 1 is 1.43 bits per heavy atom. The lowest BCUT2D eigenvalue weighted by Gasteiger charge is -2.30. The molecule has 2 aromatic rings. The quantitative estimate of drug-likeness (QED) is 0.912. The van der Waals surface area contributed by atoms with Crippen LogP contribution in [0.15, 0.2) is 28.6 Å². The van der Waals surface area contributed by atoms with Gasteiger partial charge in [0.2, 0.25) is 0 Å². The molecule has 1 aliphatic rings. The van der Waals surface area contributed by atoms with Crippen LogP contribution in [0.2, 0.25) is 0 Å². The molecule has 5 nitrogen and oxygen atoms in total. The van der Waals surface area contributed by atoms with Crippen molar-refractivity contribution in [3.05, 3.63) is 50.3 Å². The van der Waals surface area contributed by atoms with Crippen molar-refractivity contribution in [2.24, 2.45) is 5.92 Å². The molecule has 0 saturated carbocycles. The van der Waals surface area contributed by atoms with E-state index in [1.54, 1.807) is 23.7 Å². The highest BCUT2D eigenvalue weighted by Crippen LogP contribution is 2.23. The Morgan fingerprint density at radius 3 is 2.87 bits per heavy atom. The van der Waals surface area contributed by atoms with Crippen molar-refractivity contribution in [2.45, 2.75) is 32.7 Å². The van der Waals surface area contributed by atoms with Crippen LogP contribution in [-0.2, 0) is 17.8 Å². The van der Waals surface area contributed by atoms with Crippen LogP contribution in [-0.4, -0.2) is 33.7 Å². The number of hydrogen-bond acceptors (Lipinski definition) is 5. The molecule has 0 aromatic carbocycles. The molecule has 3 heterocycles. The van der Waals surface area contributed by atoms with E-state index in [4.69, 9.17) is 0 Å². The predicted molar refractivity (Wildman–Crippen MR) is 90.6 cm³/mol. The molecule has 0 spiro atoms. The highest BCUT2D eigenvalue weighted by Gasteiger charge is 2.25. The Balaban J connectivity index is 1.52. The monoisotopic (exact) mass is 331 g/mol. The Labute approximate surface area is 139 Å². The molecule has 3 rings (SSSR count). The Bertz CT molecular complexity index is 729. The van der Waals surface area contributed by atoms with Gasteiger partial charge >= 0.3 is 0 Å². The van der Waals surface area contributed by atoms with E-state index in [9.17, 15) is 9.59 Å². The molecule has 2 aromatic heterocycles. The highest BCUT2D eigenvalue weighted by atomic mass is 32.1. The van der Waals surface area contributed by atoms with Crippen LogP contribution in [0, 0.1) is 12.8 Å². The number of H-pyrrole nitrogens is 1. The standard InChI is InChI=1S/C17H21N3O2S/c1-12-4-9-23-16(12)10-15(21)13-2-7-20(8-3-13)11-14-17(22)19-6-5-18-14/h4-6,9,13H,2-3,7-8,10-11H2,1H3,(H,19,22). The molecular weight excluding hydrogens is 310 g/mol. The number of aromatic nitrogens is 2. The fourth-order valence-corrected chi connectivity index (χ4v) is 3.92. The fraction of sp³-hybridized carbons (Fsp3) is 0.471. The number of Topliss-reactive ketones (excluding diaryl/α,β-unsaturated/α-hetero) is 1. The van der Waals surface area contributed by atoms with Gasteiger partial charge in [0.05, 0.1) is 0 Å². The van der Waals surface area contributed by atoms with Gasteiger partial charge in [-0.3, -0.25) is 19.5 Å². The van der Waals surface area contributed by atoms with Gasteiger partial charge in [0.25, 0.3) is 5.56 Å². The number of hydrogen-bond donors (Lipinski definition) is 1. The van der Waals surface area contributed by atoms with Crippen molar-refractivity contribution < 1.29 is 4.79 Å². The molecule has 0 bridgehead atoms. The topological polar surface area (TPSA) is 66.1 Å². The SMILES string of the molecule is Cc1ccsc1CC(=O)C1CCN(Cc2ncc[nH]c2=O)CC1. The van der Waals surface area contributed by atoms with E-state index in [1.165, 1.54) is 10.4 Å². The molecule has 1 N–H and O–H groups in total. The van der Waals surface area contributed by atoms with E-state index in [2.05, 4.69) is 27.9 Å². The van der Waals surface area contributed by atoms with E-state index in [0.29, 0.717) is 24.4 Å². The van der Waals surface area contributed by atoms with Crippen LogP contribution < -0.4 is 5.56 Å². The van der Waals surface area contributed by atoms with Gasteiger partial charge in [-0.2, -0.15) is 0 Å². The molecule has 1 aliphatic heterocycles. The van der Waals surface area contributed by atoms with Crippen LogP contribution in [0.25, 0.3) is 0 Å². The second-order valence-electron chi connectivity index (χ2n) is 6.09. The number of carbonyl (C=O) groups excluding carboxylic acids is 1.